The third-order valence-electron chi connectivity index (χ3n) is 6.43. The number of para-hydroxylation sites is 1. The van der Waals surface area contributed by atoms with E-state index in [1.807, 2.05) is 17.0 Å². The van der Waals surface area contributed by atoms with E-state index in [1.165, 1.54) is 12.7 Å². The predicted molar refractivity (Wildman–Crippen MR) is 97.7 cm³/mol. The minimum absolute atomic E-state index is 0.150. The summed E-state index contributed by atoms with van der Waals surface area (Å²) in [5.41, 5.74) is 3.55. The van der Waals surface area contributed by atoms with Gasteiger partial charge in [0.25, 0.3) is 0 Å². The highest BCUT2D eigenvalue weighted by atomic mass is 16.5. The van der Waals surface area contributed by atoms with Gasteiger partial charge in [0.1, 0.15) is 5.41 Å². The number of aromatic nitrogens is 1. The summed E-state index contributed by atoms with van der Waals surface area (Å²) in [6.07, 6.45) is 5.77. The molecule has 1 aromatic heterocycles. The Bertz CT molecular complexity index is 957. The van der Waals surface area contributed by atoms with E-state index in [9.17, 15) is 9.59 Å². The number of carbonyl (C=O) groups excluding carboxylic acids is 2. The summed E-state index contributed by atoms with van der Waals surface area (Å²) >= 11 is 0. The lowest BCUT2D eigenvalue weighted by molar-refractivity contribution is -0.153. The molecule has 2 atom stereocenters. The lowest BCUT2D eigenvalue weighted by Gasteiger charge is -2.48. The van der Waals surface area contributed by atoms with E-state index in [1.54, 1.807) is 0 Å². The van der Waals surface area contributed by atoms with Crippen LogP contribution in [0.15, 0.2) is 35.9 Å². The number of allylic oxidation sites excluding steroid dienone is 1. The Kier molecular flexibility index (Phi) is 3.30. The van der Waals surface area contributed by atoms with Crippen LogP contribution in [0.5, 0.6) is 0 Å². The summed E-state index contributed by atoms with van der Waals surface area (Å²) in [6, 6.07) is 7.96. The van der Waals surface area contributed by atoms with Crippen LogP contribution < -0.4 is 0 Å². The van der Waals surface area contributed by atoms with Gasteiger partial charge in [-0.2, -0.15) is 0 Å². The molecule has 0 unspecified atom stereocenters. The molecule has 3 heterocycles. The molecule has 2 aromatic rings. The van der Waals surface area contributed by atoms with E-state index >= 15 is 0 Å². The summed E-state index contributed by atoms with van der Waals surface area (Å²) in [6.45, 7) is 0.647. The first-order chi connectivity index (χ1) is 12.7. The Balaban J connectivity index is 1.83. The highest BCUT2D eigenvalue weighted by Crippen LogP contribution is 2.50. The third-order valence-corrected chi connectivity index (χ3v) is 6.43. The van der Waals surface area contributed by atoms with Crippen molar-refractivity contribution < 1.29 is 14.3 Å². The van der Waals surface area contributed by atoms with Crippen molar-refractivity contribution in [3.8, 4) is 0 Å². The number of hydrogen-bond acceptors (Lipinski definition) is 3. The topological polar surface area (TPSA) is 62.4 Å². The van der Waals surface area contributed by atoms with Crippen molar-refractivity contribution in [2.75, 3.05) is 13.7 Å². The maximum absolute atomic E-state index is 13.2. The van der Waals surface area contributed by atoms with Gasteiger partial charge in [-0.15, -0.1) is 0 Å². The number of ether oxygens (including phenoxy) is 1. The molecule has 0 saturated carbocycles. The average molecular weight is 350 g/mol. The molecule has 1 fully saturated rings. The fraction of sp³-hybridized carbons (Fsp3) is 0.429. The van der Waals surface area contributed by atoms with Crippen LogP contribution in [0.1, 0.15) is 36.9 Å². The van der Waals surface area contributed by atoms with Crippen molar-refractivity contribution in [3.63, 3.8) is 0 Å². The van der Waals surface area contributed by atoms with Gasteiger partial charge in [-0.3, -0.25) is 9.59 Å². The fourth-order valence-electron chi connectivity index (χ4n) is 5.38. The number of benzene rings is 1. The van der Waals surface area contributed by atoms with Crippen LogP contribution >= 0.6 is 0 Å². The third kappa shape index (κ3) is 1.86. The van der Waals surface area contributed by atoms with Gasteiger partial charge in [-0.1, -0.05) is 24.3 Å². The van der Waals surface area contributed by atoms with E-state index in [4.69, 9.17) is 4.74 Å². The number of hydrogen-bond donors (Lipinski definition) is 1. The number of piperidine rings is 1. The molecule has 0 radical (unpaired) electrons. The van der Waals surface area contributed by atoms with Gasteiger partial charge in [0, 0.05) is 29.6 Å². The number of aromatic amines is 1. The molecule has 3 aliphatic rings. The number of nitrogens with zero attached hydrogens (tertiary/aromatic N) is 1. The van der Waals surface area contributed by atoms with Gasteiger partial charge in [0.15, 0.2) is 0 Å². The van der Waals surface area contributed by atoms with E-state index in [2.05, 4.69) is 23.2 Å². The van der Waals surface area contributed by atoms with Crippen LogP contribution in [0.4, 0.5) is 0 Å². The highest BCUT2D eigenvalue weighted by molar-refractivity contribution is 5.93. The van der Waals surface area contributed by atoms with Crippen LogP contribution in [0.3, 0.4) is 0 Å². The number of methoxy groups -OCH3 is 1. The Labute approximate surface area is 152 Å². The minimum atomic E-state index is -0.834. The van der Waals surface area contributed by atoms with E-state index in [-0.39, 0.29) is 17.9 Å². The SMILES string of the molecule is COC(=O)[C@]12CCC=C3CCC(=O)N(CCc4c1[nH]c1ccccc41)[C@H]32. The molecule has 1 aromatic carbocycles. The van der Waals surface area contributed by atoms with Gasteiger partial charge in [0.05, 0.1) is 13.2 Å². The second kappa shape index (κ2) is 5.47. The van der Waals surface area contributed by atoms with Crippen LogP contribution in [-0.4, -0.2) is 41.5 Å². The highest BCUT2D eigenvalue weighted by Gasteiger charge is 2.58. The van der Waals surface area contributed by atoms with Crippen molar-refractivity contribution in [1.29, 1.82) is 0 Å². The largest absolute Gasteiger partial charge is 0.468 e. The molecule has 2 aliphatic heterocycles. The van der Waals surface area contributed by atoms with Crippen molar-refractivity contribution in [2.45, 2.75) is 43.6 Å². The van der Waals surface area contributed by atoms with Crippen molar-refractivity contribution in [1.82, 2.24) is 9.88 Å². The molecule has 1 amide bonds. The Morgan fingerprint density at radius 3 is 2.96 bits per heavy atom. The summed E-state index contributed by atoms with van der Waals surface area (Å²) in [5, 5.41) is 1.15. The summed E-state index contributed by atoms with van der Waals surface area (Å²) in [4.78, 5) is 31.5. The maximum atomic E-state index is 13.2. The summed E-state index contributed by atoms with van der Waals surface area (Å²) < 4.78 is 5.33. The second-order valence-corrected chi connectivity index (χ2v) is 7.54. The predicted octanol–water partition coefficient (Wildman–Crippen LogP) is 2.85. The zero-order valence-electron chi connectivity index (χ0n) is 14.9. The van der Waals surface area contributed by atoms with Gasteiger partial charge in [-0.25, -0.2) is 0 Å². The van der Waals surface area contributed by atoms with Gasteiger partial charge in [-0.05, 0) is 42.9 Å². The maximum Gasteiger partial charge on any atom is 0.320 e. The van der Waals surface area contributed by atoms with Crippen molar-refractivity contribution in [3.05, 3.63) is 47.2 Å². The van der Waals surface area contributed by atoms with E-state index < -0.39 is 5.41 Å². The number of fused-ring (bicyclic) bond motifs is 4. The number of rotatable bonds is 1. The molecule has 134 valence electrons. The van der Waals surface area contributed by atoms with E-state index in [0.717, 1.165) is 41.4 Å². The zero-order valence-corrected chi connectivity index (χ0v) is 14.9. The fourth-order valence-corrected chi connectivity index (χ4v) is 5.38. The van der Waals surface area contributed by atoms with Crippen molar-refractivity contribution >= 4 is 22.8 Å². The normalized spacial score (nSPS) is 27.4. The quantitative estimate of drug-likeness (QED) is 0.635. The molecular weight excluding hydrogens is 328 g/mol. The van der Waals surface area contributed by atoms with Gasteiger partial charge >= 0.3 is 5.97 Å². The number of nitrogens with one attached hydrogen (secondary N) is 1. The summed E-state index contributed by atoms with van der Waals surface area (Å²) in [5.74, 6) is -0.0840. The average Bonchev–Trinajstić information content (AvgIpc) is 2.97. The van der Waals surface area contributed by atoms with Crippen LogP contribution in [0.2, 0.25) is 0 Å². The van der Waals surface area contributed by atoms with Crippen molar-refractivity contribution in [2.24, 2.45) is 0 Å². The second-order valence-electron chi connectivity index (χ2n) is 7.54. The molecule has 0 bridgehead atoms. The van der Waals surface area contributed by atoms with Gasteiger partial charge in [0.2, 0.25) is 5.91 Å². The van der Waals surface area contributed by atoms with E-state index in [0.29, 0.717) is 19.4 Å². The van der Waals surface area contributed by atoms with Crippen LogP contribution in [-0.2, 0) is 26.2 Å². The molecule has 5 nitrogen and oxygen atoms in total. The smallest absolute Gasteiger partial charge is 0.320 e. The standard InChI is InChI=1S/C21H22N2O3/c1-26-20(25)21-11-4-5-13-8-9-17(24)23(19(13)21)12-10-15-14-6-2-3-7-16(14)22-18(15)21/h2-3,5-7,19,22H,4,8-12H2,1H3/t19-,21-/m1/s1. The molecular formula is C21H22N2O3. The lowest BCUT2D eigenvalue weighted by atomic mass is 9.65. The van der Waals surface area contributed by atoms with Crippen LogP contribution in [0, 0.1) is 0 Å². The number of H-pyrrole nitrogens is 1. The lowest BCUT2D eigenvalue weighted by Crippen LogP contribution is -2.60. The number of esters is 1. The zero-order chi connectivity index (χ0) is 17.9. The van der Waals surface area contributed by atoms with Gasteiger partial charge < -0.3 is 14.6 Å². The molecule has 26 heavy (non-hydrogen) atoms. The Hall–Kier alpha value is -2.56. The first-order valence-electron chi connectivity index (χ1n) is 9.33. The molecule has 0 spiro atoms. The molecule has 1 saturated heterocycles. The number of amides is 1. The minimum Gasteiger partial charge on any atom is -0.468 e. The molecule has 1 aliphatic carbocycles. The molecule has 5 heteroatoms. The van der Waals surface area contributed by atoms with Crippen LogP contribution in [0.25, 0.3) is 10.9 Å². The summed E-state index contributed by atoms with van der Waals surface area (Å²) in [7, 11) is 1.46. The molecule has 5 rings (SSSR count). The Morgan fingerprint density at radius 2 is 2.12 bits per heavy atom. The first kappa shape index (κ1) is 15.7. The number of carbonyl (C=O) groups is 2. The molecule has 1 N–H and O–H groups in total. The first-order valence-corrected chi connectivity index (χ1v) is 9.33. The monoisotopic (exact) mass is 350 g/mol. The Morgan fingerprint density at radius 1 is 1.27 bits per heavy atom.